The summed E-state index contributed by atoms with van der Waals surface area (Å²) in [5.41, 5.74) is 0.500. The summed E-state index contributed by atoms with van der Waals surface area (Å²) in [7, 11) is 0. The molecule has 5 heteroatoms. The van der Waals surface area contributed by atoms with E-state index in [2.05, 4.69) is 61.6 Å². The van der Waals surface area contributed by atoms with E-state index < -0.39 is 6.10 Å². The van der Waals surface area contributed by atoms with E-state index in [-0.39, 0.29) is 16.9 Å². The molecule has 0 radical (unpaired) electrons. The van der Waals surface area contributed by atoms with Crippen molar-refractivity contribution >= 4 is 47.8 Å². The summed E-state index contributed by atoms with van der Waals surface area (Å²) in [6.07, 6.45) is 1.47. The predicted molar refractivity (Wildman–Crippen MR) is 95.5 cm³/mol. The highest BCUT2D eigenvalue weighted by atomic mass is 79.9. The first-order chi connectivity index (χ1) is 9.82. The van der Waals surface area contributed by atoms with E-state index in [1.165, 1.54) is 0 Å². The van der Waals surface area contributed by atoms with Crippen LogP contribution in [-0.2, 0) is 0 Å². The Morgan fingerprint density at radius 1 is 1.38 bits per heavy atom. The molecule has 4 atom stereocenters. The van der Waals surface area contributed by atoms with Crippen LogP contribution < -0.4 is 4.74 Å². The zero-order chi connectivity index (χ0) is 15.4. The summed E-state index contributed by atoms with van der Waals surface area (Å²) >= 11 is 11.0. The van der Waals surface area contributed by atoms with Crippen LogP contribution in [0.2, 0.25) is 0 Å². The van der Waals surface area contributed by atoms with Gasteiger partial charge in [0, 0.05) is 26.1 Å². The number of alkyl halides is 2. The normalized spacial score (nSPS) is 37.3. The van der Waals surface area contributed by atoms with Crippen molar-refractivity contribution < 1.29 is 9.84 Å². The van der Waals surface area contributed by atoms with Gasteiger partial charge in [-0.2, -0.15) is 0 Å². The average molecular weight is 483 g/mol. The molecule has 21 heavy (non-hydrogen) atoms. The van der Waals surface area contributed by atoms with E-state index in [9.17, 15) is 5.11 Å². The highest BCUT2D eigenvalue weighted by Crippen LogP contribution is 2.59. The van der Waals surface area contributed by atoms with Gasteiger partial charge in [-0.25, -0.2) is 0 Å². The number of aliphatic hydroxyl groups is 1. The number of hydrogen-bond donors (Lipinski definition) is 1. The molecule has 1 aromatic carbocycles. The van der Waals surface area contributed by atoms with Crippen molar-refractivity contribution in [3.05, 3.63) is 28.2 Å². The molecule has 1 aliphatic heterocycles. The molecule has 1 aromatic rings. The first kappa shape index (κ1) is 16.3. The third-order valence-electron chi connectivity index (χ3n) is 5.14. The molecule has 0 bridgehead atoms. The molecule has 0 aromatic heterocycles. The molecule has 3 rings (SSSR count). The van der Waals surface area contributed by atoms with Gasteiger partial charge in [-0.05, 0) is 36.5 Å². The van der Waals surface area contributed by atoms with Gasteiger partial charge in [-0.15, -0.1) is 0 Å². The summed E-state index contributed by atoms with van der Waals surface area (Å²) < 4.78 is 7.40. The van der Waals surface area contributed by atoms with Crippen molar-refractivity contribution in [3.63, 3.8) is 0 Å². The van der Waals surface area contributed by atoms with Crippen LogP contribution in [-0.4, -0.2) is 20.9 Å². The summed E-state index contributed by atoms with van der Waals surface area (Å²) in [5.74, 6) is 0.856. The fourth-order valence-electron chi connectivity index (χ4n) is 4.00. The Labute approximate surface area is 151 Å². The number of rotatable bonds is 1. The van der Waals surface area contributed by atoms with Gasteiger partial charge < -0.3 is 9.84 Å². The minimum Gasteiger partial charge on any atom is -0.486 e. The van der Waals surface area contributed by atoms with Gasteiger partial charge in [0.15, 0.2) is 0 Å². The molecule has 1 fully saturated rings. The van der Waals surface area contributed by atoms with Crippen molar-refractivity contribution in [1.82, 2.24) is 0 Å². The lowest BCUT2D eigenvalue weighted by molar-refractivity contribution is -0.135. The van der Waals surface area contributed by atoms with Gasteiger partial charge in [0.05, 0.1) is 6.10 Å². The minimum absolute atomic E-state index is 0.0456. The molecular formula is C16H19Br3O2. The quantitative estimate of drug-likeness (QED) is 0.557. The number of fused-ring (bicyclic) bond motifs is 2. The fraction of sp³-hybridized carbons (Fsp3) is 0.625. The van der Waals surface area contributed by atoms with E-state index in [0.717, 1.165) is 34.0 Å². The Bertz CT molecular complexity index is 560. The highest BCUT2D eigenvalue weighted by Gasteiger charge is 2.59. The van der Waals surface area contributed by atoms with Crippen LogP contribution in [0.3, 0.4) is 0 Å². The van der Waals surface area contributed by atoms with Crippen LogP contribution in [0.4, 0.5) is 0 Å². The third kappa shape index (κ3) is 2.43. The van der Waals surface area contributed by atoms with Gasteiger partial charge in [0.1, 0.15) is 11.4 Å². The average Bonchev–Trinajstić information content (AvgIpc) is 2.44. The summed E-state index contributed by atoms with van der Waals surface area (Å²) in [5, 5.41) is 11.8. The largest absolute Gasteiger partial charge is 0.486 e. The van der Waals surface area contributed by atoms with Crippen LogP contribution >= 0.6 is 47.8 Å². The minimum atomic E-state index is -0.515. The molecule has 2 aliphatic rings. The van der Waals surface area contributed by atoms with Gasteiger partial charge in [0.2, 0.25) is 0 Å². The molecule has 1 saturated carbocycles. The summed E-state index contributed by atoms with van der Waals surface area (Å²) in [6.45, 7) is 4.45. The maximum atomic E-state index is 11.1. The molecule has 0 saturated heterocycles. The Hall–Kier alpha value is 0.420. The monoisotopic (exact) mass is 480 g/mol. The maximum Gasteiger partial charge on any atom is 0.126 e. The van der Waals surface area contributed by atoms with Crippen LogP contribution in [0.25, 0.3) is 0 Å². The number of benzene rings is 1. The maximum absolute atomic E-state index is 11.1. The first-order valence-electron chi connectivity index (χ1n) is 7.18. The fourth-order valence-corrected chi connectivity index (χ4v) is 5.64. The molecule has 1 heterocycles. The lowest BCUT2D eigenvalue weighted by Crippen LogP contribution is -2.61. The number of hydrogen-bond acceptors (Lipinski definition) is 2. The van der Waals surface area contributed by atoms with Gasteiger partial charge in [0.25, 0.3) is 0 Å². The smallest absolute Gasteiger partial charge is 0.126 e. The molecule has 116 valence electrons. The van der Waals surface area contributed by atoms with Crippen molar-refractivity contribution in [3.8, 4) is 5.75 Å². The second-order valence-corrected chi connectivity index (χ2v) is 9.31. The van der Waals surface area contributed by atoms with Gasteiger partial charge in [-0.1, -0.05) is 61.6 Å². The number of ether oxygens (including phenoxy) is 1. The SMILES string of the molecule is CC1(C)[C@@H](Br)CC[C@]2(CBr)Oc3ccc(Br)cc3[C@H](O)[C@@H]12. The lowest BCUT2D eigenvalue weighted by atomic mass is 9.58. The zero-order valence-electron chi connectivity index (χ0n) is 12.1. The Morgan fingerprint density at radius 2 is 2.10 bits per heavy atom. The molecule has 1 N–H and O–H groups in total. The second-order valence-electron chi connectivity index (χ2n) is 6.73. The van der Waals surface area contributed by atoms with Gasteiger partial charge in [-0.3, -0.25) is 0 Å². The highest BCUT2D eigenvalue weighted by molar-refractivity contribution is 9.10. The van der Waals surface area contributed by atoms with Crippen LogP contribution in [0, 0.1) is 11.3 Å². The van der Waals surface area contributed by atoms with Crippen molar-refractivity contribution in [2.75, 3.05) is 5.33 Å². The number of aliphatic hydroxyl groups excluding tert-OH is 1. The van der Waals surface area contributed by atoms with Crippen molar-refractivity contribution in [2.24, 2.45) is 11.3 Å². The zero-order valence-corrected chi connectivity index (χ0v) is 16.8. The van der Waals surface area contributed by atoms with Crippen LogP contribution in [0.15, 0.2) is 22.7 Å². The Balaban J connectivity index is 2.15. The van der Waals surface area contributed by atoms with Crippen LogP contribution in [0.1, 0.15) is 38.4 Å². The van der Waals surface area contributed by atoms with Crippen molar-refractivity contribution in [2.45, 2.75) is 43.2 Å². The number of halogens is 3. The van der Waals surface area contributed by atoms with Gasteiger partial charge >= 0.3 is 0 Å². The van der Waals surface area contributed by atoms with E-state index in [1.54, 1.807) is 0 Å². The molecule has 2 nitrogen and oxygen atoms in total. The van der Waals surface area contributed by atoms with E-state index in [1.807, 2.05) is 18.2 Å². The topological polar surface area (TPSA) is 29.5 Å². The molecule has 1 aliphatic carbocycles. The van der Waals surface area contributed by atoms with E-state index in [4.69, 9.17) is 4.74 Å². The van der Waals surface area contributed by atoms with Crippen molar-refractivity contribution in [1.29, 1.82) is 0 Å². The molecule has 0 unspecified atom stereocenters. The molecular weight excluding hydrogens is 464 g/mol. The standard InChI is InChI=1S/C16H19Br3O2/c1-15(2)12(19)5-6-16(8-17)14(15)13(20)10-7-9(18)3-4-11(10)21-16/h3-4,7,12-14,20H,5-6,8H2,1-2H3/t12-,13-,14-,16+/m0/s1. The summed E-state index contributed by atoms with van der Waals surface area (Å²) in [6, 6.07) is 5.90. The second kappa shape index (κ2) is 5.50. The van der Waals surface area contributed by atoms with E-state index >= 15 is 0 Å². The van der Waals surface area contributed by atoms with Crippen LogP contribution in [0.5, 0.6) is 5.75 Å². The Kier molecular flexibility index (Phi) is 4.26. The Morgan fingerprint density at radius 3 is 2.76 bits per heavy atom. The molecule has 0 spiro atoms. The lowest BCUT2D eigenvalue weighted by Gasteiger charge is -2.57. The summed E-state index contributed by atoms with van der Waals surface area (Å²) in [4.78, 5) is 0.383. The predicted octanol–water partition coefficient (Wildman–Crippen LogP) is 5.21. The third-order valence-corrected chi connectivity index (χ3v) is 8.22. The molecule has 0 amide bonds. The first-order valence-corrected chi connectivity index (χ1v) is 10.0. The van der Waals surface area contributed by atoms with E-state index in [0.29, 0.717) is 4.83 Å².